The third-order valence-electron chi connectivity index (χ3n) is 7.90. The fourth-order valence-corrected chi connectivity index (χ4v) is 9.47. The van der Waals surface area contributed by atoms with Gasteiger partial charge in [-0.3, -0.25) is 9.36 Å². The second-order valence-electron chi connectivity index (χ2n) is 10.1. The maximum Gasteiger partial charge on any atom is 0.331 e. The molecule has 2 saturated carbocycles. The van der Waals surface area contributed by atoms with Crippen LogP contribution in [0.25, 0.3) is 10.8 Å². The second-order valence-corrected chi connectivity index (χ2v) is 12.5. The lowest BCUT2D eigenvalue weighted by Crippen LogP contribution is -2.63. The van der Waals surface area contributed by atoms with Crippen LogP contribution >= 0.6 is 23.5 Å². The second kappa shape index (κ2) is 8.29. The van der Waals surface area contributed by atoms with Gasteiger partial charge in [-0.15, -0.1) is 23.5 Å². The molecule has 6 heteroatoms. The van der Waals surface area contributed by atoms with Crippen molar-refractivity contribution in [3.63, 3.8) is 0 Å². The molecule has 1 N–H and O–H groups in total. The van der Waals surface area contributed by atoms with Crippen LogP contribution in [0.4, 0.5) is 0 Å². The largest absolute Gasteiger partial charge is 0.479 e. The van der Waals surface area contributed by atoms with E-state index in [1.807, 2.05) is 24.3 Å². The predicted octanol–water partition coefficient (Wildman–Crippen LogP) is 6.29. The minimum absolute atomic E-state index is 0.154. The Kier molecular flexibility index (Phi) is 5.12. The minimum atomic E-state index is -1.15. The van der Waals surface area contributed by atoms with Crippen molar-refractivity contribution in [3.8, 4) is 0 Å². The van der Waals surface area contributed by atoms with Crippen molar-refractivity contribution < 1.29 is 9.90 Å². The van der Waals surface area contributed by atoms with Crippen LogP contribution in [0.1, 0.15) is 41.9 Å². The molecule has 0 amide bonds. The van der Waals surface area contributed by atoms with E-state index in [4.69, 9.17) is 0 Å². The van der Waals surface area contributed by atoms with Gasteiger partial charge in [0.05, 0.1) is 10.3 Å². The van der Waals surface area contributed by atoms with Crippen molar-refractivity contribution in [2.75, 3.05) is 0 Å². The van der Waals surface area contributed by atoms with Crippen molar-refractivity contribution in [2.24, 2.45) is 0 Å². The van der Waals surface area contributed by atoms with Gasteiger partial charge < -0.3 is 5.11 Å². The Morgan fingerprint density at radius 2 is 1.75 bits per heavy atom. The fraction of sp³-hybridized carbons (Fsp3) is 0.267. The van der Waals surface area contributed by atoms with E-state index in [1.165, 1.54) is 21.9 Å². The average molecular weight is 512 g/mol. The van der Waals surface area contributed by atoms with Gasteiger partial charge in [0.25, 0.3) is 5.56 Å². The maximum absolute atomic E-state index is 13.6. The van der Waals surface area contributed by atoms with E-state index in [-0.39, 0.29) is 16.1 Å². The van der Waals surface area contributed by atoms with Crippen molar-refractivity contribution in [3.05, 3.63) is 106 Å². The summed E-state index contributed by atoms with van der Waals surface area (Å²) in [6, 6.07) is 26.6. The molecule has 2 unspecified atom stereocenters. The number of thioether (sulfide) groups is 2. The molecule has 7 rings (SSSR count). The summed E-state index contributed by atoms with van der Waals surface area (Å²) >= 11 is 3.38. The number of carboxylic acids is 1. The molecule has 0 bridgehead atoms. The van der Waals surface area contributed by atoms with E-state index >= 15 is 0 Å². The molecule has 0 saturated heterocycles. The van der Waals surface area contributed by atoms with Crippen LogP contribution in [0, 0.1) is 0 Å². The van der Waals surface area contributed by atoms with Crippen LogP contribution in [-0.2, 0) is 16.8 Å². The lowest BCUT2D eigenvalue weighted by Gasteiger charge is -2.47. The number of fused-ring (bicyclic) bond motifs is 4. The summed E-state index contributed by atoms with van der Waals surface area (Å²) in [5.74, 6) is -0.470. The molecule has 4 aromatic rings. The first kappa shape index (κ1) is 22.3. The van der Waals surface area contributed by atoms with E-state index in [9.17, 15) is 14.7 Å². The van der Waals surface area contributed by atoms with Crippen LogP contribution in [0.3, 0.4) is 0 Å². The molecule has 2 aliphatic carbocycles. The van der Waals surface area contributed by atoms with Gasteiger partial charge >= 0.3 is 5.97 Å². The first-order chi connectivity index (χ1) is 17.6. The number of carboxylic acid groups (broad SMARTS) is 1. The molecule has 3 aromatic carbocycles. The molecule has 0 spiro atoms. The van der Waals surface area contributed by atoms with Gasteiger partial charge in [0, 0.05) is 16.2 Å². The molecule has 2 heterocycles. The van der Waals surface area contributed by atoms with E-state index in [0.717, 1.165) is 28.3 Å². The highest BCUT2D eigenvalue weighted by Crippen LogP contribution is 2.62. The van der Waals surface area contributed by atoms with Crippen molar-refractivity contribution in [2.45, 2.75) is 57.6 Å². The van der Waals surface area contributed by atoms with Gasteiger partial charge in [-0.1, -0.05) is 60.7 Å². The number of benzene rings is 3. The number of rotatable bonds is 6. The third kappa shape index (κ3) is 3.31. The summed E-state index contributed by atoms with van der Waals surface area (Å²) in [7, 11) is 0. The number of aromatic nitrogens is 1. The summed E-state index contributed by atoms with van der Waals surface area (Å²) in [6.07, 6.45) is 3.35. The Bertz CT molecular complexity index is 1570. The summed E-state index contributed by atoms with van der Waals surface area (Å²) in [4.78, 5) is 27.5. The topological polar surface area (TPSA) is 59.3 Å². The molecule has 1 aromatic heterocycles. The number of aliphatic carboxylic acids is 1. The molecular formula is C30H25NO3S2. The highest BCUT2D eigenvalue weighted by Gasteiger charge is 2.66. The first-order valence-electron chi connectivity index (χ1n) is 12.4. The van der Waals surface area contributed by atoms with Crippen LogP contribution in [-0.4, -0.2) is 26.1 Å². The quantitative estimate of drug-likeness (QED) is 0.330. The van der Waals surface area contributed by atoms with Crippen LogP contribution < -0.4 is 5.56 Å². The zero-order chi connectivity index (χ0) is 24.4. The van der Waals surface area contributed by atoms with Crippen molar-refractivity contribution in [1.82, 2.24) is 4.57 Å². The standard InChI is InChI=1S/C30H25NO3S2/c32-25-16-21(15-20-9-6-8-18-7-4-5-12-23(18)20)26(19-13-14-19)28-31(25)30(29(33)34)17-24(27(30)36-28)35-22-10-2-1-3-11-22/h1-12,16,19,24,27H,13-15,17H2,(H,33,34)/t24-,27?,30?/m1/s1. The first-order valence-corrected chi connectivity index (χ1v) is 14.2. The highest BCUT2D eigenvalue weighted by atomic mass is 32.2. The normalized spacial score (nSPS) is 24.2. The SMILES string of the molecule is O=C(O)C12C[C@@H](Sc3ccccc3)C1Sc1c(C3CC3)c(Cc3cccc4ccccc34)cc(=O)n12. The average Bonchev–Trinajstić information content (AvgIpc) is 3.67. The molecule has 3 aliphatic rings. The number of hydrogen-bond acceptors (Lipinski definition) is 4. The summed E-state index contributed by atoms with van der Waals surface area (Å²) in [6.45, 7) is 0. The lowest BCUT2D eigenvalue weighted by atomic mass is 9.75. The predicted molar refractivity (Wildman–Crippen MR) is 145 cm³/mol. The molecule has 180 valence electrons. The number of carbonyl (C=O) groups is 1. The van der Waals surface area contributed by atoms with E-state index in [1.54, 1.807) is 34.2 Å². The highest BCUT2D eigenvalue weighted by molar-refractivity contribution is 8.04. The van der Waals surface area contributed by atoms with Crippen LogP contribution in [0.5, 0.6) is 0 Å². The molecule has 0 radical (unpaired) electrons. The molecule has 2 fully saturated rings. The molecule has 1 aliphatic heterocycles. The number of nitrogens with zero attached hydrogens (tertiary/aromatic N) is 1. The Hall–Kier alpha value is -2.96. The molecular weight excluding hydrogens is 486 g/mol. The summed E-state index contributed by atoms with van der Waals surface area (Å²) in [5, 5.41) is 13.7. The van der Waals surface area contributed by atoms with Gasteiger partial charge in [0.15, 0.2) is 5.54 Å². The Labute approximate surface area is 217 Å². The van der Waals surface area contributed by atoms with E-state index < -0.39 is 11.5 Å². The Morgan fingerprint density at radius 1 is 1.00 bits per heavy atom. The van der Waals surface area contributed by atoms with Crippen molar-refractivity contribution in [1.29, 1.82) is 0 Å². The van der Waals surface area contributed by atoms with E-state index in [0.29, 0.717) is 18.8 Å². The molecule has 36 heavy (non-hydrogen) atoms. The van der Waals surface area contributed by atoms with E-state index in [2.05, 4.69) is 48.5 Å². The smallest absolute Gasteiger partial charge is 0.331 e. The summed E-state index contributed by atoms with van der Waals surface area (Å²) < 4.78 is 1.66. The number of hydrogen-bond donors (Lipinski definition) is 1. The minimum Gasteiger partial charge on any atom is -0.479 e. The van der Waals surface area contributed by atoms with Gasteiger partial charge in [-0.2, -0.15) is 0 Å². The van der Waals surface area contributed by atoms with Crippen LogP contribution in [0.2, 0.25) is 0 Å². The third-order valence-corrected chi connectivity index (χ3v) is 11.0. The van der Waals surface area contributed by atoms with Gasteiger partial charge in [-0.25, -0.2) is 4.79 Å². The number of pyridine rings is 1. The lowest BCUT2D eigenvalue weighted by molar-refractivity contribution is -0.151. The van der Waals surface area contributed by atoms with Gasteiger partial charge in [0.2, 0.25) is 0 Å². The monoisotopic (exact) mass is 511 g/mol. The Morgan fingerprint density at radius 3 is 2.53 bits per heavy atom. The van der Waals surface area contributed by atoms with Crippen LogP contribution in [0.15, 0.2) is 93.6 Å². The molecule has 4 nitrogen and oxygen atoms in total. The maximum atomic E-state index is 13.6. The van der Waals surface area contributed by atoms with Crippen molar-refractivity contribution >= 4 is 40.3 Å². The summed E-state index contributed by atoms with van der Waals surface area (Å²) in [5.41, 5.74) is 2.16. The zero-order valence-electron chi connectivity index (χ0n) is 19.6. The molecule has 3 atom stereocenters. The van der Waals surface area contributed by atoms with Gasteiger partial charge in [-0.05, 0) is 71.2 Å². The van der Waals surface area contributed by atoms with Gasteiger partial charge in [0.1, 0.15) is 0 Å². The fourth-order valence-electron chi connectivity index (χ4n) is 6.02. The zero-order valence-corrected chi connectivity index (χ0v) is 21.2. The Balaban J connectivity index is 1.32.